The average molecular weight is 404 g/mol. The lowest BCUT2D eigenvalue weighted by Gasteiger charge is -2.09. The molecule has 6 nitrogen and oxygen atoms in total. The Balaban J connectivity index is 1.55. The molecule has 30 heavy (non-hydrogen) atoms. The van der Waals surface area contributed by atoms with Gasteiger partial charge in [0.15, 0.2) is 12.4 Å². The van der Waals surface area contributed by atoms with Crippen LogP contribution in [0.1, 0.15) is 33.2 Å². The van der Waals surface area contributed by atoms with E-state index >= 15 is 0 Å². The van der Waals surface area contributed by atoms with Crippen molar-refractivity contribution in [2.75, 3.05) is 6.61 Å². The molecule has 3 aromatic carbocycles. The second kappa shape index (κ2) is 10.0. The van der Waals surface area contributed by atoms with Gasteiger partial charge in [0.2, 0.25) is 0 Å². The highest BCUT2D eigenvalue weighted by molar-refractivity contribution is 6.00. The molecule has 0 aliphatic carbocycles. The number of hydrogen-bond acceptors (Lipinski definition) is 6. The SMILES string of the molecule is CC(=O)Oc1ccccc1C(=O)OCC(=O)c1ccc(OCc2ccccc2)cc1. The van der Waals surface area contributed by atoms with Crippen molar-refractivity contribution in [2.45, 2.75) is 13.5 Å². The zero-order chi connectivity index (χ0) is 21.3. The number of para-hydroxylation sites is 1. The van der Waals surface area contributed by atoms with Crippen molar-refractivity contribution < 1.29 is 28.6 Å². The van der Waals surface area contributed by atoms with E-state index in [0.29, 0.717) is 17.9 Å². The molecule has 0 radical (unpaired) electrons. The molecule has 3 rings (SSSR count). The monoisotopic (exact) mass is 404 g/mol. The number of carbonyl (C=O) groups is 3. The predicted octanol–water partition coefficient (Wildman–Crippen LogP) is 4.23. The third-order valence-electron chi connectivity index (χ3n) is 4.12. The van der Waals surface area contributed by atoms with Crippen molar-refractivity contribution in [1.82, 2.24) is 0 Å². The minimum Gasteiger partial charge on any atom is -0.489 e. The summed E-state index contributed by atoms with van der Waals surface area (Å²) in [6, 6.07) is 22.5. The Labute approximate surface area is 174 Å². The molecule has 0 saturated heterocycles. The van der Waals surface area contributed by atoms with Crippen molar-refractivity contribution in [2.24, 2.45) is 0 Å². The summed E-state index contributed by atoms with van der Waals surface area (Å²) in [5.74, 6) is -0.947. The molecule has 3 aromatic rings. The molecule has 0 fully saturated rings. The van der Waals surface area contributed by atoms with Crippen LogP contribution in [0.5, 0.6) is 11.5 Å². The van der Waals surface area contributed by atoms with Crippen LogP contribution in [0, 0.1) is 0 Å². The average Bonchev–Trinajstić information content (AvgIpc) is 2.77. The Kier molecular flexibility index (Phi) is 6.95. The van der Waals surface area contributed by atoms with Crippen LogP contribution in [-0.4, -0.2) is 24.3 Å². The fourth-order valence-electron chi connectivity index (χ4n) is 2.65. The predicted molar refractivity (Wildman–Crippen MR) is 110 cm³/mol. The molecular weight excluding hydrogens is 384 g/mol. The van der Waals surface area contributed by atoms with Crippen LogP contribution in [0.3, 0.4) is 0 Å². The maximum absolute atomic E-state index is 12.3. The molecule has 0 spiro atoms. The smallest absolute Gasteiger partial charge is 0.342 e. The number of hydrogen-bond donors (Lipinski definition) is 0. The number of esters is 2. The summed E-state index contributed by atoms with van der Waals surface area (Å²) in [5, 5.41) is 0. The quantitative estimate of drug-likeness (QED) is 0.318. The molecule has 0 heterocycles. The Morgan fingerprint density at radius 3 is 2.17 bits per heavy atom. The number of rotatable bonds is 8. The summed E-state index contributed by atoms with van der Waals surface area (Å²) in [4.78, 5) is 35.8. The van der Waals surface area contributed by atoms with Crippen LogP contribution in [0.4, 0.5) is 0 Å². The van der Waals surface area contributed by atoms with E-state index in [1.165, 1.54) is 19.1 Å². The van der Waals surface area contributed by atoms with Crippen molar-refractivity contribution in [3.05, 3.63) is 95.6 Å². The molecular formula is C24H20O6. The minimum atomic E-state index is -0.747. The molecule has 0 unspecified atom stereocenters. The zero-order valence-corrected chi connectivity index (χ0v) is 16.4. The van der Waals surface area contributed by atoms with Crippen LogP contribution in [0.2, 0.25) is 0 Å². The lowest BCUT2D eigenvalue weighted by atomic mass is 10.1. The fourth-order valence-corrected chi connectivity index (χ4v) is 2.65. The molecule has 0 bridgehead atoms. The highest BCUT2D eigenvalue weighted by atomic mass is 16.5. The third-order valence-corrected chi connectivity index (χ3v) is 4.12. The number of carbonyl (C=O) groups excluding carboxylic acids is 3. The first kappa shape index (κ1) is 20.8. The van der Waals surface area contributed by atoms with E-state index in [4.69, 9.17) is 14.2 Å². The van der Waals surface area contributed by atoms with Crippen molar-refractivity contribution in [3.8, 4) is 11.5 Å². The summed E-state index contributed by atoms with van der Waals surface area (Å²) in [6.07, 6.45) is 0. The highest BCUT2D eigenvalue weighted by Gasteiger charge is 2.17. The van der Waals surface area contributed by atoms with Gasteiger partial charge in [0.25, 0.3) is 0 Å². The third kappa shape index (κ3) is 5.78. The van der Waals surface area contributed by atoms with Gasteiger partial charge < -0.3 is 14.2 Å². The van der Waals surface area contributed by atoms with Gasteiger partial charge in [-0.05, 0) is 42.0 Å². The van der Waals surface area contributed by atoms with E-state index in [1.54, 1.807) is 36.4 Å². The van der Waals surface area contributed by atoms with E-state index in [-0.39, 0.29) is 17.1 Å². The van der Waals surface area contributed by atoms with Gasteiger partial charge in [-0.25, -0.2) is 4.79 Å². The first-order chi connectivity index (χ1) is 14.5. The zero-order valence-electron chi connectivity index (χ0n) is 16.4. The van der Waals surface area contributed by atoms with Gasteiger partial charge in [0.1, 0.15) is 23.7 Å². The second-order valence-corrected chi connectivity index (χ2v) is 6.39. The lowest BCUT2D eigenvalue weighted by molar-refractivity contribution is -0.131. The minimum absolute atomic E-state index is 0.0742. The van der Waals surface area contributed by atoms with Gasteiger partial charge in [0.05, 0.1) is 0 Å². The van der Waals surface area contributed by atoms with E-state index in [9.17, 15) is 14.4 Å². The van der Waals surface area contributed by atoms with Crippen molar-refractivity contribution >= 4 is 17.7 Å². The van der Waals surface area contributed by atoms with Gasteiger partial charge in [-0.2, -0.15) is 0 Å². The summed E-state index contributed by atoms with van der Waals surface area (Å²) in [5.41, 5.74) is 1.51. The van der Waals surface area contributed by atoms with Crippen LogP contribution in [0.25, 0.3) is 0 Å². The number of Topliss-reactive ketones (excluding diaryl/α,β-unsaturated/α-hetero) is 1. The van der Waals surface area contributed by atoms with Crippen LogP contribution < -0.4 is 9.47 Å². The van der Waals surface area contributed by atoms with E-state index in [2.05, 4.69) is 0 Å². The Bertz CT molecular complexity index is 1030. The molecule has 0 aliphatic heterocycles. The molecule has 6 heteroatoms. The molecule has 0 atom stereocenters. The Morgan fingerprint density at radius 1 is 0.800 bits per heavy atom. The van der Waals surface area contributed by atoms with Crippen molar-refractivity contribution in [3.63, 3.8) is 0 Å². The fraction of sp³-hybridized carbons (Fsp3) is 0.125. The van der Waals surface area contributed by atoms with E-state index in [0.717, 1.165) is 5.56 Å². The molecule has 0 amide bonds. The van der Waals surface area contributed by atoms with Crippen LogP contribution in [-0.2, 0) is 16.1 Å². The van der Waals surface area contributed by atoms with E-state index in [1.807, 2.05) is 30.3 Å². The first-order valence-electron chi connectivity index (χ1n) is 9.27. The molecule has 152 valence electrons. The van der Waals surface area contributed by atoms with E-state index < -0.39 is 18.5 Å². The van der Waals surface area contributed by atoms with Crippen LogP contribution in [0.15, 0.2) is 78.9 Å². The standard InChI is InChI=1S/C24H20O6/c1-17(25)30-23-10-6-5-9-21(23)24(27)29-16-22(26)19-11-13-20(14-12-19)28-15-18-7-3-2-4-8-18/h2-14H,15-16H2,1H3. The number of ketones is 1. The maximum atomic E-state index is 12.3. The first-order valence-corrected chi connectivity index (χ1v) is 9.27. The Hall–Kier alpha value is -3.93. The van der Waals surface area contributed by atoms with Crippen molar-refractivity contribution in [1.29, 1.82) is 0 Å². The van der Waals surface area contributed by atoms with Gasteiger partial charge in [-0.15, -0.1) is 0 Å². The Morgan fingerprint density at radius 2 is 1.47 bits per heavy atom. The second-order valence-electron chi connectivity index (χ2n) is 6.39. The molecule has 0 N–H and O–H groups in total. The van der Waals surface area contributed by atoms with Gasteiger partial charge in [-0.1, -0.05) is 42.5 Å². The number of benzene rings is 3. The number of ether oxygens (including phenoxy) is 3. The largest absolute Gasteiger partial charge is 0.489 e. The summed E-state index contributed by atoms with van der Waals surface area (Å²) in [7, 11) is 0. The summed E-state index contributed by atoms with van der Waals surface area (Å²) < 4.78 is 15.8. The molecule has 0 aliphatic rings. The summed E-state index contributed by atoms with van der Waals surface area (Å²) in [6.45, 7) is 1.23. The normalized spacial score (nSPS) is 10.2. The summed E-state index contributed by atoms with van der Waals surface area (Å²) >= 11 is 0. The van der Waals surface area contributed by atoms with Gasteiger partial charge in [-0.3, -0.25) is 9.59 Å². The topological polar surface area (TPSA) is 78.9 Å². The maximum Gasteiger partial charge on any atom is 0.342 e. The highest BCUT2D eigenvalue weighted by Crippen LogP contribution is 2.20. The molecule has 0 aromatic heterocycles. The molecule has 0 saturated carbocycles. The van der Waals surface area contributed by atoms with Crippen LogP contribution >= 0.6 is 0 Å². The van der Waals surface area contributed by atoms with Gasteiger partial charge in [0, 0.05) is 12.5 Å². The van der Waals surface area contributed by atoms with Gasteiger partial charge >= 0.3 is 11.9 Å². The lowest BCUT2D eigenvalue weighted by Crippen LogP contribution is -2.15.